The Bertz CT molecular complexity index is 691. The van der Waals surface area contributed by atoms with Gasteiger partial charge in [-0.15, -0.1) is 0 Å². The van der Waals surface area contributed by atoms with Crippen molar-refractivity contribution in [1.82, 2.24) is 4.98 Å². The molecule has 3 rings (SSSR count). The third kappa shape index (κ3) is 1.80. The van der Waals surface area contributed by atoms with E-state index >= 15 is 0 Å². The minimum atomic E-state index is 0.704. The van der Waals surface area contributed by atoms with Crippen molar-refractivity contribution in [3.05, 3.63) is 48.5 Å². The molecule has 3 aromatic rings. The third-order valence-electron chi connectivity index (χ3n) is 3.02. The summed E-state index contributed by atoms with van der Waals surface area (Å²) in [6, 6.07) is 16.5. The van der Waals surface area contributed by atoms with Crippen LogP contribution in [0.1, 0.15) is 13.3 Å². The van der Waals surface area contributed by atoms with E-state index in [4.69, 9.17) is 4.74 Å². The van der Waals surface area contributed by atoms with E-state index in [2.05, 4.69) is 36.2 Å². The van der Waals surface area contributed by atoms with Crippen LogP contribution in [0.2, 0.25) is 0 Å². The van der Waals surface area contributed by atoms with E-state index in [-0.39, 0.29) is 0 Å². The second-order valence-electron chi connectivity index (χ2n) is 4.33. The molecule has 0 aliphatic rings. The number of benzene rings is 2. The van der Waals surface area contributed by atoms with Crippen molar-refractivity contribution >= 4 is 21.7 Å². The van der Waals surface area contributed by atoms with Crippen LogP contribution in [0.3, 0.4) is 0 Å². The Morgan fingerprint density at radius 2 is 1.56 bits per heavy atom. The van der Waals surface area contributed by atoms with Crippen molar-refractivity contribution in [3.8, 4) is 5.88 Å². The maximum Gasteiger partial charge on any atom is 0.221 e. The monoisotopic (exact) mass is 237 g/mol. The summed E-state index contributed by atoms with van der Waals surface area (Å²) in [5, 5.41) is 3.47. The molecule has 2 aromatic carbocycles. The van der Waals surface area contributed by atoms with Gasteiger partial charge in [0.05, 0.1) is 12.1 Å². The quantitative estimate of drug-likeness (QED) is 0.637. The van der Waals surface area contributed by atoms with Crippen LogP contribution in [0.4, 0.5) is 0 Å². The van der Waals surface area contributed by atoms with Gasteiger partial charge >= 0.3 is 0 Å². The molecule has 0 saturated heterocycles. The van der Waals surface area contributed by atoms with Gasteiger partial charge < -0.3 is 4.74 Å². The van der Waals surface area contributed by atoms with Crippen molar-refractivity contribution in [1.29, 1.82) is 0 Å². The van der Waals surface area contributed by atoms with E-state index in [1.54, 1.807) is 0 Å². The minimum absolute atomic E-state index is 0.704. The van der Waals surface area contributed by atoms with Gasteiger partial charge in [-0.05, 0) is 23.9 Å². The second kappa shape index (κ2) is 4.65. The van der Waals surface area contributed by atoms with Crippen molar-refractivity contribution < 1.29 is 4.74 Å². The van der Waals surface area contributed by atoms with E-state index < -0.39 is 0 Å². The van der Waals surface area contributed by atoms with Crippen LogP contribution in [0.25, 0.3) is 21.7 Å². The van der Waals surface area contributed by atoms with Crippen molar-refractivity contribution in [2.45, 2.75) is 13.3 Å². The standard InChI is InChI=1S/C16H15NO/c1-2-11-18-16-14-9-4-3-7-12(14)13-8-5-6-10-15(13)17-16/h3-10H,2,11H2,1H3. The lowest BCUT2D eigenvalue weighted by molar-refractivity contribution is 0.310. The molecule has 1 aromatic heterocycles. The number of para-hydroxylation sites is 1. The van der Waals surface area contributed by atoms with E-state index in [0.717, 1.165) is 23.2 Å². The average Bonchev–Trinajstić information content (AvgIpc) is 2.45. The minimum Gasteiger partial charge on any atom is -0.477 e. The normalized spacial score (nSPS) is 10.9. The smallest absolute Gasteiger partial charge is 0.221 e. The molecule has 0 N–H and O–H groups in total. The zero-order valence-electron chi connectivity index (χ0n) is 10.4. The Balaban J connectivity index is 2.32. The fourth-order valence-corrected chi connectivity index (χ4v) is 2.18. The van der Waals surface area contributed by atoms with Crippen molar-refractivity contribution in [3.63, 3.8) is 0 Å². The van der Waals surface area contributed by atoms with Gasteiger partial charge in [0.15, 0.2) is 0 Å². The number of rotatable bonds is 3. The van der Waals surface area contributed by atoms with E-state index in [1.165, 1.54) is 10.8 Å². The highest BCUT2D eigenvalue weighted by Gasteiger charge is 2.07. The number of hydrogen-bond acceptors (Lipinski definition) is 2. The summed E-state index contributed by atoms with van der Waals surface area (Å²) in [6.07, 6.45) is 0.989. The molecule has 0 aliphatic heterocycles. The zero-order chi connectivity index (χ0) is 12.4. The number of fused-ring (bicyclic) bond motifs is 3. The Kier molecular flexibility index (Phi) is 2.85. The van der Waals surface area contributed by atoms with Crippen LogP contribution in [0.15, 0.2) is 48.5 Å². The highest BCUT2D eigenvalue weighted by molar-refractivity contribution is 6.07. The van der Waals surface area contributed by atoms with Gasteiger partial charge in [0.1, 0.15) is 0 Å². The number of nitrogens with zero attached hydrogens (tertiary/aromatic N) is 1. The molecular formula is C16H15NO. The SMILES string of the molecule is CCCOc1nc2ccccc2c2ccccc12. The Labute approximate surface area is 106 Å². The van der Waals surface area contributed by atoms with Crippen LogP contribution in [-0.2, 0) is 0 Å². The molecule has 1 heterocycles. The molecule has 0 amide bonds. The van der Waals surface area contributed by atoms with Gasteiger partial charge in [0.2, 0.25) is 5.88 Å². The summed E-state index contributed by atoms with van der Waals surface area (Å²) in [4.78, 5) is 4.62. The molecule has 0 radical (unpaired) electrons. The number of aromatic nitrogens is 1. The first-order chi connectivity index (χ1) is 8.90. The lowest BCUT2D eigenvalue weighted by Gasteiger charge is -2.10. The summed E-state index contributed by atoms with van der Waals surface area (Å²) in [6.45, 7) is 2.80. The fraction of sp³-hybridized carbons (Fsp3) is 0.188. The predicted octanol–water partition coefficient (Wildman–Crippen LogP) is 4.18. The van der Waals surface area contributed by atoms with E-state index in [9.17, 15) is 0 Å². The highest BCUT2D eigenvalue weighted by atomic mass is 16.5. The molecule has 90 valence electrons. The molecule has 0 bridgehead atoms. The zero-order valence-corrected chi connectivity index (χ0v) is 10.4. The molecule has 0 fully saturated rings. The third-order valence-corrected chi connectivity index (χ3v) is 3.02. The van der Waals surface area contributed by atoms with Gasteiger partial charge in [-0.25, -0.2) is 4.98 Å². The molecule has 2 heteroatoms. The maximum atomic E-state index is 5.77. The van der Waals surface area contributed by atoms with Crippen molar-refractivity contribution in [2.75, 3.05) is 6.61 Å². The molecule has 2 nitrogen and oxygen atoms in total. The summed E-state index contributed by atoms with van der Waals surface area (Å²) in [5.74, 6) is 0.742. The van der Waals surface area contributed by atoms with Crippen molar-refractivity contribution in [2.24, 2.45) is 0 Å². The molecule has 0 unspecified atom stereocenters. The van der Waals surface area contributed by atoms with Crippen LogP contribution in [0, 0.1) is 0 Å². The largest absolute Gasteiger partial charge is 0.477 e. The first kappa shape index (κ1) is 11.0. The number of pyridine rings is 1. The van der Waals surface area contributed by atoms with Crippen LogP contribution in [-0.4, -0.2) is 11.6 Å². The summed E-state index contributed by atoms with van der Waals surface area (Å²) in [5.41, 5.74) is 0.988. The molecule has 0 saturated carbocycles. The maximum absolute atomic E-state index is 5.77. The van der Waals surface area contributed by atoms with Crippen LogP contribution >= 0.6 is 0 Å². The summed E-state index contributed by atoms with van der Waals surface area (Å²) in [7, 11) is 0. The van der Waals surface area contributed by atoms with Crippen LogP contribution < -0.4 is 4.74 Å². The first-order valence-electron chi connectivity index (χ1n) is 6.30. The molecule has 18 heavy (non-hydrogen) atoms. The molecular weight excluding hydrogens is 222 g/mol. The lowest BCUT2D eigenvalue weighted by atomic mass is 10.1. The van der Waals surface area contributed by atoms with E-state index in [1.807, 2.05) is 24.3 Å². The number of hydrogen-bond donors (Lipinski definition) is 0. The molecule has 0 aliphatic carbocycles. The number of ether oxygens (including phenoxy) is 1. The predicted molar refractivity (Wildman–Crippen MR) is 75.0 cm³/mol. The van der Waals surface area contributed by atoms with Gasteiger partial charge in [-0.1, -0.05) is 43.3 Å². The summed E-state index contributed by atoms with van der Waals surface area (Å²) >= 11 is 0. The van der Waals surface area contributed by atoms with E-state index in [0.29, 0.717) is 6.61 Å². The molecule has 0 atom stereocenters. The second-order valence-corrected chi connectivity index (χ2v) is 4.33. The summed E-state index contributed by atoms with van der Waals surface area (Å²) < 4.78 is 5.77. The topological polar surface area (TPSA) is 22.1 Å². The first-order valence-corrected chi connectivity index (χ1v) is 6.30. The Morgan fingerprint density at radius 3 is 2.33 bits per heavy atom. The van der Waals surface area contributed by atoms with Gasteiger partial charge in [-0.3, -0.25) is 0 Å². The van der Waals surface area contributed by atoms with Gasteiger partial charge in [0.25, 0.3) is 0 Å². The van der Waals surface area contributed by atoms with Gasteiger partial charge in [-0.2, -0.15) is 0 Å². The highest BCUT2D eigenvalue weighted by Crippen LogP contribution is 2.30. The van der Waals surface area contributed by atoms with Crippen LogP contribution in [0.5, 0.6) is 5.88 Å². The molecule has 0 spiro atoms. The Morgan fingerprint density at radius 1 is 0.889 bits per heavy atom. The van der Waals surface area contributed by atoms with Gasteiger partial charge in [0, 0.05) is 10.8 Å². The Hall–Kier alpha value is -2.09. The fourth-order valence-electron chi connectivity index (χ4n) is 2.18. The average molecular weight is 237 g/mol. The lowest BCUT2D eigenvalue weighted by Crippen LogP contribution is -1.98.